The van der Waals surface area contributed by atoms with Gasteiger partial charge in [0.05, 0.1) is 12.8 Å². The molecule has 0 saturated carbocycles. The molecule has 3 rings (SSSR count). The molecule has 0 aliphatic heterocycles. The van der Waals surface area contributed by atoms with Crippen LogP contribution in [0.4, 0.5) is 5.13 Å². The van der Waals surface area contributed by atoms with Crippen molar-refractivity contribution in [3.05, 3.63) is 39.6 Å². The Morgan fingerprint density at radius 1 is 1.37 bits per heavy atom. The molecule has 0 spiro atoms. The van der Waals surface area contributed by atoms with Crippen LogP contribution in [0.2, 0.25) is 0 Å². The van der Waals surface area contributed by atoms with Crippen LogP contribution >= 0.6 is 23.6 Å². The van der Waals surface area contributed by atoms with Crippen molar-refractivity contribution in [2.24, 2.45) is 0 Å². The molecule has 2 N–H and O–H groups in total. The van der Waals surface area contributed by atoms with Crippen molar-refractivity contribution in [2.75, 3.05) is 12.4 Å². The number of ether oxygens (including phenoxy) is 1. The number of carbonyl (C=O) groups is 1. The van der Waals surface area contributed by atoms with E-state index in [0.717, 1.165) is 28.3 Å². The van der Waals surface area contributed by atoms with Gasteiger partial charge in [0.2, 0.25) is 5.91 Å². The highest BCUT2D eigenvalue weighted by molar-refractivity contribution is 7.71. The Balaban J connectivity index is 1.69. The van der Waals surface area contributed by atoms with Crippen molar-refractivity contribution in [3.63, 3.8) is 0 Å². The average molecular weight is 404 g/mol. The van der Waals surface area contributed by atoms with Crippen LogP contribution in [0.5, 0.6) is 5.75 Å². The highest BCUT2D eigenvalue weighted by atomic mass is 32.1. The highest BCUT2D eigenvalue weighted by Gasteiger charge is 2.13. The summed E-state index contributed by atoms with van der Waals surface area (Å²) in [7, 11) is 1.62. The molecule has 2 aromatic heterocycles. The van der Waals surface area contributed by atoms with Crippen molar-refractivity contribution in [1.82, 2.24) is 19.7 Å². The number of aryl methyl sites for hydroxylation is 2. The summed E-state index contributed by atoms with van der Waals surface area (Å²) in [5.41, 5.74) is 1.92. The molecule has 0 atom stereocenters. The fraction of sp³-hybridized carbons (Fsp3) is 0.333. The van der Waals surface area contributed by atoms with Crippen LogP contribution in [-0.2, 0) is 17.8 Å². The van der Waals surface area contributed by atoms with E-state index in [1.54, 1.807) is 7.11 Å². The van der Waals surface area contributed by atoms with Gasteiger partial charge in [-0.2, -0.15) is 5.10 Å². The van der Waals surface area contributed by atoms with Crippen LogP contribution in [0, 0.1) is 11.7 Å². The van der Waals surface area contributed by atoms with Gasteiger partial charge in [0.15, 0.2) is 15.7 Å². The van der Waals surface area contributed by atoms with Crippen LogP contribution < -0.4 is 10.1 Å². The number of methoxy groups -OCH3 is 1. The molecule has 9 heteroatoms. The molecule has 3 aromatic rings. The summed E-state index contributed by atoms with van der Waals surface area (Å²) < 4.78 is 7.48. The third-order valence-corrected chi connectivity index (χ3v) is 5.38. The lowest BCUT2D eigenvalue weighted by molar-refractivity contribution is -0.116. The minimum absolute atomic E-state index is 0.102. The molecule has 0 unspecified atom stereocenters. The predicted octanol–water partition coefficient (Wildman–Crippen LogP) is 3.97. The maximum absolute atomic E-state index is 12.3. The number of hydrogen-bond acceptors (Lipinski definition) is 6. The largest absolute Gasteiger partial charge is 0.497 e. The maximum atomic E-state index is 12.3. The monoisotopic (exact) mass is 403 g/mol. The first kappa shape index (κ1) is 19.2. The number of amides is 1. The van der Waals surface area contributed by atoms with E-state index in [-0.39, 0.29) is 12.3 Å². The van der Waals surface area contributed by atoms with Gasteiger partial charge in [0, 0.05) is 23.4 Å². The van der Waals surface area contributed by atoms with Gasteiger partial charge in [-0.25, -0.2) is 4.98 Å². The molecule has 1 amide bonds. The first-order chi connectivity index (χ1) is 13.0. The lowest BCUT2D eigenvalue weighted by Crippen LogP contribution is -2.15. The predicted molar refractivity (Wildman–Crippen MR) is 109 cm³/mol. The third-order valence-electron chi connectivity index (χ3n) is 4.14. The molecule has 1 aromatic carbocycles. The summed E-state index contributed by atoms with van der Waals surface area (Å²) in [5.74, 6) is 1.35. The Labute approximate surface area is 166 Å². The molecule has 7 nitrogen and oxygen atoms in total. The second-order valence-corrected chi connectivity index (χ2v) is 7.50. The maximum Gasteiger partial charge on any atom is 0.227 e. The molecule has 0 aliphatic rings. The molecule has 2 heterocycles. The van der Waals surface area contributed by atoms with Gasteiger partial charge in [0.1, 0.15) is 5.75 Å². The lowest BCUT2D eigenvalue weighted by Gasteiger charge is -2.07. The average Bonchev–Trinajstić information content (AvgIpc) is 3.21. The minimum Gasteiger partial charge on any atom is -0.497 e. The van der Waals surface area contributed by atoms with Crippen molar-refractivity contribution in [3.8, 4) is 17.1 Å². The van der Waals surface area contributed by atoms with E-state index in [1.807, 2.05) is 35.8 Å². The zero-order chi connectivity index (χ0) is 19.4. The SMILES string of the molecule is CCc1nc(NC(=O)CCn2c(-c3ccc(OC)cc3)n[nH]c2=S)sc1C. The first-order valence-electron chi connectivity index (χ1n) is 8.57. The third kappa shape index (κ3) is 4.42. The summed E-state index contributed by atoms with van der Waals surface area (Å²) >= 11 is 6.81. The van der Waals surface area contributed by atoms with Gasteiger partial charge in [-0.15, -0.1) is 11.3 Å². The molecule has 0 radical (unpaired) electrons. The van der Waals surface area contributed by atoms with Crippen LogP contribution in [0.1, 0.15) is 23.9 Å². The Bertz CT molecular complexity index is 988. The number of nitrogens with one attached hydrogen (secondary N) is 2. The van der Waals surface area contributed by atoms with E-state index in [9.17, 15) is 4.79 Å². The van der Waals surface area contributed by atoms with E-state index < -0.39 is 0 Å². The Hall–Kier alpha value is -2.52. The van der Waals surface area contributed by atoms with Gasteiger partial charge in [-0.1, -0.05) is 6.92 Å². The number of carbonyl (C=O) groups excluding carboxylic acids is 1. The number of rotatable bonds is 7. The Morgan fingerprint density at radius 2 is 2.11 bits per heavy atom. The van der Waals surface area contributed by atoms with Crippen LogP contribution in [0.3, 0.4) is 0 Å². The second kappa shape index (κ2) is 8.45. The molecule has 0 fully saturated rings. The summed E-state index contributed by atoms with van der Waals surface area (Å²) in [6, 6.07) is 7.54. The minimum atomic E-state index is -0.102. The second-order valence-electron chi connectivity index (χ2n) is 5.91. The van der Waals surface area contributed by atoms with E-state index in [2.05, 4.69) is 27.4 Å². The van der Waals surface area contributed by atoms with E-state index in [4.69, 9.17) is 17.0 Å². The van der Waals surface area contributed by atoms with Crippen molar-refractivity contribution >= 4 is 34.6 Å². The van der Waals surface area contributed by atoms with Crippen molar-refractivity contribution < 1.29 is 9.53 Å². The number of H-pyrrole nitrogens is 1. The van der Waals surface area contributed by atoms with Gasteiger partial charge in [-0.3, -0.25) is 14.5 Å². The molecule has 0 aliphatic carbocycles. The number of hydrogen-bond donors (Lipinski definition) is 2. The quantitative estimate of drug-likeness (QED) is 0.583. The number of thiazole rings is 1. The van der Waals surface area contributed by atoms with Crippen molar-refractivity contribution in [2.45, 2.75) is 33.2 Å². The fourth-order valence-electron chi connectivity index (χ4n) is 2.69. The molecular weight excluding hydrogens is 382 g/mol. The number of nitrogens with zero attached hydrogens (tertiary/aromatic N) is 3. The standard InChI is InChI=1S/C18H21N5O2S2/c1-4-14-11(2)27-17(19-14)20-15(24)9-10-23-16(21-22-18(23)26)12-5-7-13(25-3)8-6-12/h5-8H,4,9-10H2,1-3H3,(H,22,26)(H,19,20,24). The summed E-state index contributed by atoms with van der Waals surface area (Å²) in [5, 5.41) is 10.6. The smallest absolute Gasteiger partial charge is 0.227 e. The number of aromatic amines is 1. The zero-order valence-electron chi connectivity index (χ0n) is 15.4. The van der Waals surface area contributed by atoms with E-state index in [0.29, 0.717) is 22.3 Å². The number of anilines is 1. The van der Waals surface area contributed by atoms with Crippen LogP contribution in [0.25, 0.3) is 11.4 Å². The van der Waals surface area contributed by atoms with Crippen molar-refractivity contribution in [1.29, 1.82) is 0 Å². The van der Waals surface area contributed by atoms with Crippen LogP contribution in [0.15, 0.2) is 24.3 Å². The lowest BCUT2D eigenvalue weighted by atomic mass is 10.2. The van der Waals surface area contributed by atoms with Gasteiger partial charge in [0.25, 0.3) is 0 Å². The van der Waals surface area contributed by atoms with Gasteiger partial charge < -0.3 is 10.1 Å². The van der Waals surface area contributed by atoms with Gasteiger partial charge >= 0.3 is 0 Å². The molecular formula is C18H21N5O2S2. The molecule has 27 heavy (non-hydrogen) atoms. The zero-order valence-corrected chi connectivity index (χ0v) is 17.0. The number of aromatic nitrogens is 4. The summed E-state index contributed by atoms with van der Waals surface area (Å²) in [6.45, 7) is 4.49. The van der Waals surface area contributed by atoms with E-state index in [1.165, 1.54) is 11.3 Å². The summed E-state index contributed by atoms with van der Waals surface area (Å²) in [4.78, 5) is 17.9. The Morgan fingerprint density at radius 3 is 2.74 bits per heavy atom. The number of benzene rings is 1. The summed E-state index contributed by atoms with van der Waals surface area (Å²) in [6.07, 6.45) is 1.13. The van der Waals surface area contributed by atoms with Gasteiger partial charge in [-0.05, 0) is 49.8 Å². The first-order valence-corrected chi connectivity index (χ1v) is 9.80. The molecule has 0 bridgehead atoms. The normalized spacial score (nSPS) is 10.8. The topological polar surface area (TPSA) is 84.8 Å². The highest BCUT2D eigenvalue weighted by Crippen LogP contribution is 2.23. The molecule has 0 saturated heterocycles. The van der Waals surface area contributed by atoms with E-state index >= 15 is 0 Å². The molecule has 142 valence electrons. The fourth-order valence-corrected chi connectivity index (χ4v) is 3.83. The Kier molecular flexibility index (Phi) is 6.02. The van der Waals surface area contributed by atoms with Crippen LogP contribution in [-0.4, -0.2) is 32.8 Å².